The van der Waals surface area contributed by atoms with Crippen molar-refractivity contribution in [2.24, 2.45) is 0 Å². The number of nitrogens with zero attached hydrogens (tertiary/aromatic N) is 2. The molecule has 114 valence electrons. The smallest absolute Gasteiger partial charge is 0.141 e. The molecule has 4 nitrogen and oxygen atoms in total. The fraction of sp³-hybridized carbons (Fsp3) is 0.562. The standard InChI is InChI=1S/C16H21FN2O2/c1-16(2)11-19(9-14(21-16)10-20-3)8-12-4-5-13(7-18)15(17)6-12/h4-6,14H,8-11H2,1-3H3. The summed E-state index contributed by atoms with van der Waals surface area (Å²) in [4.78, 5) is 2.23. The largest absolute Gasteiger partial charge is 0.382 e. The summed E-state index contributed by atoms with van der Waals surface area (Å²) >= 11 is 0. The molecular formula is C16H21FN2O2. The molecule has 1 aliphatic heterocycles. The topological polar surface area (TPSA) is 45.5 Å². The van der Waals surface area contributed by atoms with E-state index in [1.54, 1.807) is 13.2 Å². The van der Waals surface area contributed by atoms with Crippen molar-refractivity contribution in [1.29, 1.82) is 5.26 Å². The van der Waals surface area contributed by atoms with Gasteiger partial charge in [0.25, 0.3) is 0 Å². The average molecular weight is 292 g/mol. The first-order valence-corrected chi connectivity index (χ1v) is 7.01. The second kappa shape index (κ2) is 6.52. The van der Waals surface area contributed by atoms with Crippen molar-refractivity contribution in [2.45, 2.75) is 32.1 Å². The SMILES string of the molecule is COCC1CN(Cc2ccc(C#N)c(F)c2)CC(C)(C)O1. The van der Waals surface area contributed by atoms with Crippen LogP contribution in [0.4, 0.5) is 4.39 Å². The second-order valence-electron chi connectivity index (χ2n) is 6.05. The zero-order valence-electron chi connectivity index (χ0n) is 12.7. The number of ether oxygens (including phenoxy) is 2. The van der Waals surface area contributed by atoms with Gasteiger partial charge in [0.1, 0.15) is 11.9 Å². The van der Waals surface area contributed by atoms with Gasteiger partial charge in [0.15, 0.2) is 0 Å². The van der Waals surface area contributed by atoms with Gasteiger partial charge in [-0.15, -0.1) is 0 Å². The molecule has 0 saturated carbocycles. The molecule has 5 heteroatoms. The zero-order valence-corrected chi connectivity index (χ0v) is 12.7. The molecule has 0 aromatic heterocycles. The third-order valence-corrected chi connectivity index (χ3v) is 3.46. The van der Waals surface area contributed by atoms with Gasteiger partial charge in [-0.05, 0) is 31.5 Å². The molecular weight excluding hydrogens is 271 g/mol. The number of rotatable bonds is 4. The van der Waals surface area contributed by atoms with Crippen LogP contribution in [0.2, 0.25) is 0 Å². The molecule has 0 amide bonds. The van der Waals surface area contributed by atoms with Gasteiger partial charge in [-0.3, -0.25) is 4.90 Å². The number of morpholine rings is 1. The first kappa shape index (κ1) is 15.9. The first-order chi connectivity index (χ1) is 9.93. The molecule has 0 N–H and O–H groups in total. The minimum atomic E-state index is -0.462. The van der Waals surface area contributed by atoms with Gasteiger partial charge in [0, 0.05) is 26.7 Å². The monoisotopic (exact) mass is 292 g/mol. The predicted molar refractivity (Wildman–Crippen MR) is 77.2 cm³/mol. The molecule has 0 aliphatic carbocycles. The van der Waals surface area contributed by atoms with Gasteiger partial charge in [-0.2, -0.15) is 5.26 Å². The summed E-state index contributed by atoms with van der Waals surface area (Å²) in [6.07, 6.45) is 0.0157. The maximum absolute atomic E-state index is 13.7. The van der Waals surface area contributed by atoms with Crippen LogP contribution in [0.3, 0.4) is 0 Å². The molecule has 1 saturated heterocycles. The molecule has 1 unspecified atom stereocenters. The fourth-order valence-electron chi connectivity index (χ4n) is 2.82. The van der Waals surface area contributed by atoms with Gasteiger partial charge in [0.2, 0.25) is 0 Å². The lowest BCUT2D eigenvalue weighted by Gasteiger charge is -2.42. The van der Waals surface area contributed by atoms with Crippen LogP contribution in [0, 0.1) is 17.1 Å². The Bertz CT molecular complexity index is 540. The summed E-state index contributed by atoms with van der Waals surface area (Å²) in [7, 11) is 1.66. The molecule has 0 spiro atoms. The summed E-state index contributed by atoms with van der Waals surface area (Å²) in [5, 5.41) is 8.76. The van der Waals surface area contributed by atoms with Crippen molar-refractivity contribution >= 4 is 0 Å². The minimum absolute atomic E-state index is 0.0157. The molecule has 21 heavy (non-hydrogen) atoms. The highest BCUT2D eigenvalue weighted by Gasteiger charge is 2.33. The van der Waals surface area contributed by atoms with E-state index in [0.29, 0.717) is 13.2 Å². The van der Waals surface area contributed by atoms with Crippen LogP contribution >= 0.6 is 0 Å². The Hall–Kier alpha value is -1.48. The minimum Gasteiger partial charge on any atom is -0.382 e. The van der Waals surface area contributed by atoms with Crippen molar-refractivity contribution in [3.63, 3.8) is 0 Å². The number of nitriles is 1. The number of halogens is 1. The molecule has 1 aliphatic rings. The van der Waals surface area contributed by atoms with E-state index >= 15 is 0 Å². The van der Waals surface area contributed by atoms with E-state index in [2.05, 4.69) is 4.90 Å². The van der Waals surface area contributed by atoms with Crippen molar-refractivity contribution in [3.8, 4) is 6.07 Å². The summed E-state index contributed by atoms with van der Waals surface area (Å²) in [6.45, 7) is 6.79. The summed E-state index contributed by atoms with van der Waals surface area (Å²) in [6, 6.07) is 6.61. The maximum Gasteiger partial charge on any atom is 0.141 e. The van der Waals surface area contributed by atoms with E-state index in [1.165, 1.54) is 12.1 Å². The lowest BCUT2D eigenvalue weighted by molar-refractivity contribution is -0.154. The van der Waals surface area contributed by atoms with E-state index in [-0.39, 0.29) is 17.3 Å². The Morgan fingerprint density at radius 1 is 1.52 bits per heavy atom. The molecule has 1 fully saturated rings. The van der Waals surface area contributed by atoms with E-state index in [0.717, 1.165) is 18.7 Å². The normalized spacial score (nSPS) is 22.0. The summed E-state index contributed by atoms with van der Waals surface area (Å²) in [5.41, 5.74) is 0.686. The van der Waals surface area contributed by atoms with Gasteiger partial charge < -0.3 is 9.47 Å². The molecule has 1 aromatic carbocycles. The Kier molecular flexibility index (Phi) is 4.94. The highest BCUT2D eigenvalue weighted by molar-refractivity contribution is 5.33. The highest BCUT2D eigenvalue weighted by Crippen LogP contribution is 2.23. The third-order valence-electron chi connectivity index (χ3n) is 3.46. The van der Waals surface area contributed by atoms with Gasteiger partial charge >= 0.3 is 0 Å². The lowest BCUT2D eigenvalue weighted by Crippen LogP contribution is -2.53. The number of hydrogen-bond donors (Lipinski definition) is 0. The maximum atomic E-state index is 13.7. The predicted octanol–water partition coefficient (Wildman–Crippen LogP) is 2.32. The van der Waals surface area contributed by atoms with Gasteiger partial charge in [0.05, 0.1) is 23.9 Å². The third kappa shape index (κ3) is 4.24. The fourth-order valence-corrected chi connectivity index (χ4v) is 2.82. The number of methoxy groups -OCH3 is 1. The van der Waals surface area contributed by atoms with E-state index < -0.39 is 5.82 Å². The van der Waals surface area contributed by atoms with Crippen molar-refractivity contribution in [3.05, 3.63) is 35.1 Å². The molecule has 1 aromatic rings. The van der Waals surface area contributed by atoms with Gasteiger partial charge in [-0.25, -0.2) is 4.39 Å². The number of hydrogen-bond acceptors (Lipinski definition) is 4. The van der Waals surface area contributed by atoms with E-state index in [1.807, 2.05) is 19.9 Å². The molecule has 2 rings (SSSR count). The Balaban J connectivity index is 2.07. The summed E-state index contributed by atoms with van der Waals surface area (Å²) < 4.78 is 24.8. The quantitative estimate of drug-likeness (QED) is 0.854. The first-order valence-electron chi connectivity index (χ1n) is 7.01. The van der Waals surface area contributed by atoms with E-state index in [9.17, 15) is 4.39 Å². The van der Waals surface area contributed by atoms with Crippen LogP contribution in [0.1, 0.15) is 25.0 Å². The van der Waals surface area contributed by atoms with Crippen molar-refractivity contribution in [1.82, 2.24) is 4.90 Å². The molecule has 1 atom stereocenters. The average Bonchev–Trinajstić information content (AvgIpc) is 2.37. The lowest BCUT2D eigenvalue weighted by atomic mass is 10.0. The van der Waals surface area contributed by atoms with Crippen molar-refractivity contribution in [2.75, 3.05) is 26.8 Å². The van der Waals surface area contributed by atoms with Crippen LogP contribution in [-0.4, -0.2) is 43.4 Å². The van der Waals surface area contributed by atoms with Crippen LogP contribution in [0.5, 0.6) is 0 Å². The van der Waals surface area contributed by atoms with Crippen LogP contribution < -0.4 is 0 Å². The highest BCUT2D eigenvalue weighted by atomic mass is 19.1. The Labute approximate surface area is 125 Å². The van der Waals surface area contributed by atoms with Crippen LogP contribution in [0.25, 0.3) is 0 Å². The Morgan fingerprint density at radius 2 is 2.29 bits per heavy atom. The Morgan fingerprint density at radius 3 is 2.90 bits per heavy atom. The van der Waals surface area contributed by atoms with Crippen molar-refractivity contribution < 1.29 is 13.9 Å². The zero-order chi connectivity index (χ0) is 15.5. The molecule has 1 heterocycles. The van der Waals surface area contributed by atoms with E-state index in [4.69, 9.17) is 14.7 Å². The van der Waals surface area contributed by atoms with Crippen LogP contribution in [-0.2, 0) is 16.0 Å². The second-order valence-corrected chi connectivity index (χ2v) is 6.05. The van der Waals surface area contributed by atoms with Gasteiger partial charge in [-0.1, -0.05) is 6.07 Å². The molecule has 0 bridgehead atoms. The summed E-state index contributed by atoms with van der Waals surface area (Å²) in [5.74, 6) is -0.462. The molecule has 0 radical (unpaired) electrons. The van der Waals surface area contributed by atoms with Crippen LogP contribution in [0.15, 0.2) is 18.2 Å². The number of benzene rings is 1.